The van der Waals surface area contributed by atoms with Crippen LogP contribution in [-0.4, -0.2) is 38.6 Å². The second-order valence-electron chi connectivity index (χ2n) is 5.80. The van der Waals surface area contributed by atoms with Crippen LogP contribution in [0.25, 0.3) is 0 Å². The second kappa shape index (κ2) is 8.60. The van der Waals surface area contributed by atoms with Gasteiger partial charge in [-0.15, -0.1) is 0 Å². The molecule has 0 amide bonds. The monoisotopic (exact) mass is 282 g/mol. The molecule has 0 fully saturated rings. The van der Waals surface area contributed by atoms with Gasteiger partial charge < -0.3 is 10.2 Å². The van der Waals surface area contributed by atoms with Gasteiger partial charge in [-0.1, -0.05) is 60.7 Å². The normalized spacial score (nSPS) is 12.5. The maximum absolute atomic E-state index is 3.59. The molecule has 2 heteroatoms. The number of hydrogen-bond donors (Lipinski definition) is 1. The Kier molecular flexibility index (Phi) is 6.45. The van der Waals surface area contributed by atoms with Gasteiger partial charge in [-0.2, -0.15) is 0 Å². The van der Waals surface area contributed by atoms with E-state index in [4.69, 9.17) is 0 Å². The molecule has 0 radical (unpaired) electrons. The van der Waals surface area contributed by atoms with Gasteiger partial charge in [-0.05, 0) is 31.6 Å². The first kappa shape index (κ1) is 15.7. The van der Waals surface area contributed by atoms with Crippen molar-refractivity contribution in [3.8, 4) is 0 Å². The summed E-state index contributed by atoms with van der Waals surface area (Å²) in [6.45, 7) is 3.13. The second-order valence-corrected chi connectivity index (χ2v) is 5.80. The van der Waals surface area contributed by atoms with Crippen molar-refractivity contribution in [2.75, 3.05) is 33.7 Å². The van der Waals surface area contributed by atoms with E-state index in [0.717, 1.165) is 26.1 Å². The molecule has 0 aliphatic rings. The van der Waals surface area contributed by atoms with Gasteiger partial charge >= 0.3 is 0 Å². The molecular weight excluding hydrogens is 256 g/mol. The van der Waals surface area contributed by atoms with E-state index in [-0.39, 0.29) is 0 Å². The summed E-state index contributed by atoms with van der Waals surface area (Å²) >= 11 is 0. The summed E-state index contributed by atoms with van der Waals surface area (Å²) in [6.07, 6.45) is 1.08. The number of rotatable bonds is 8. The lowest BCUT2D eigenvalue weighted by Gasteiger charge is -2.19. The summed E-state index contributed by atoms with van der Waals surface area (Å²) in [5, 5.41) is 3.59. The first-order chi connectivity index (χ1) is 10.3. The van der Waals surface area contributed by atoms with Gasteiger partial charge in [0, 0.05) is 25.6 Å². The average Bonchev–Trinajstić information content (AvgIpc) is 2.52. The molecule has 2 aromatic rings. The van der Waals surface area contributed by atoms with Crippen molar-refractivity contribution in [3.05, 3.63) is 71.8 Å². The number of nitrogens with one attached hydrogen (secondary N) is 1. The SMILES string of the molecule is CN(C)CCNCC(Cc1ccccc1)c1ccccc1. The molecule has 0 saturated carbocycles. The highest BCUT2D eigenvalue weighted by molar-refractivity contribution is 5.24. The summed E-state index contributed by atoms with van der Waals surface area (Å²) in [7, 11) is 4.22. The molecule has 0 aliphatic carbocycles. The average molecular weight is 282 g/mol. The van der Waals surface area contributed by atoms with Crippen LogP contribution in [0.1, 0.15) is 17.0 Å². The van der Waals surface area contributed by atoms with Crippen LogP contribution in [-0.2, 0) is 6.42 Å². The highest BCUT2D eigenvalue weighted by Gasteiger charge is 2.11. The van der Waals surface area contributed by atoms with Crippen LogP contribution < -0.4 is 5.32 Å². The van der Waals surface area contributed by atoms with Gasteiger partial charge in [0.05, 0.1) is 0 Å². The predicted molar refractivity (Wildman–Crippen MR) is 90.8 cm³/mol. The molecule has 1 unspecified atom stereocenters. The quantitative estimate of drug-likeness (QED) is 0.748. The van der Waals surface area contributed by atoms with Crippen LogP contribution in [0.5, 0.6) is 0 Å². The van der Waals surface area contributed by atoms with Crippen LogP contribution >= 0.6 is 0 Å². The van der Waals surface area contributed by atoms with Crippen molar-refractivity contribution < 1.29 is 0 Å². The van der Waals surface area contributed by atoms with Gasteiger partial charge in [-0.3, -0.25) is 0 Å². The molecule has 21 heavy (non-hydrogen) atoms. The van der Waals surface area contributed by atoms with Gasteiger partial charge in [0.1, 0.15) is 0 Å². The van der Waals surface area contributed by atoms with Crippen molar-refractivity contribution in [2.45, 2.75) is 12.3 Å². The largest absolute Gasteiger partial charge is 0.315 e. The van der Waals surface area contributed by atoms with Crippen molar-refractivity contribution in [1.82, 2.24) is 10.2 Å². The molecule has 2 rings (SSSR count). The maximum atomic E-state index is 3.59. The van der Waals surface area contributed by atoms with E-state index < -0.39 is 0 Å². The van der Waals surface area contributed by atoms with Crippen LogP contribution in [0.2, 0.25) is 0 Å². The van der Waals surface area contributed by atoms with Crippen molar-refractivity contribution in [3.63, 3.8) is 0 Å². The smallest absolute Gasteiger partial charge is 0.0101 e. The summed E-state index contributed by atoms with van der Waals surface area (Å²) in [4.78, 5) is 2.21. The Labute approximate surface area is 128 Å². The van der Waals surface area contributed by atoms with Gasteiger partial charge in [0.2, 0.25) is 0 Å². The van der Waals surface area contributed by atoms with Crippen LogP contribution in [0.3, 0.4) is 0 Å². The number of hydrogen-bond acceptors (Lipinski definition) is 2. The highest BCUT2D eigenvalue weighted by Crippen LogP contribution is 2.20. The van der Waals surface area contributed by atoms with E-state index in [9.17, 15) is 0 Å². The summed E-state index contributed by atoms with van der Waals surface area (Å²) in [5.74, 6) is 0.524. The Bertz CT molecular complexity index is 493. The lowest BCUT2D eigenvalue weighted by Crippen LogP contribution is -2.30. The molecule has 2 aromatic carbocycles. The minimum atomic E-state index is 0.524. The van der Waals surface area contributed by atoms with E-state index in [1.165, 1.54) is 11.1 Å². The third-order valence-electron chi connectivity index (χ3n) is 3.72. The molecule has 2 nitrogen and oxygen atoms in total. The van der Waals surface area contributed by atoms with Gasteiger partial charge in [-0.25, -0.2) is 0 Å². The van der Waals surface area contributed by atoms with Crippen LogP contribution in [0, 0.1) is 0 Å². The zero-order valence-electron chi connectivity index (χ0n) is 13.1. The van der Waals surface area contributed by atoms with E-state index >= 15 is 0 Å². The Hall–Kier alpha value is -1.64. The maximum Gasteiger partial charge on any atom is 0.0101 e. The number of nitrogens with zero attached hydrogens (tertiary/aromatic N) is 1. The number of benzene rings is 2. The topological polar surface area (TPSA) is 15.3 Å². The minimum absolute atomic E-state index is 0.524. The van der Waals surface area contributed by atoms with E-state index in [0.29, 0.717) is 5.92 Å². The molecular formula is C19H26N2. The van der Waals surface area contributed by atoms with E-state index in [1.54, 1.807) is 0 Å². The zero-order chi connectivity index (χ0) is 14.9. The molecule has 1 N–H and O–H groups in total. The van der Waals surface area contributed by atoms with E-state index in [2.05, 4.69) is 85.0 Å². The molecule has 0 bridgehead atoms. The molecule has 0 aromatic heterocycles. The Balaban J connectivity index is 1.97. The Morgan fingerprint density at radius 2 is 1.52 bits per heavy atom. The first-order valence-electron chi connectivity index (χ1n) is 7.70. The van der Waals surface area contributed by atoms with Gasteiger partial charge in [0.15, 0.2) is 0 Å². The fraction of sp³-hybridized carbons (Fsp3) is 0.368. The van der Waals surface area contributed by atoms with Crippen molar-refractivity contribution in [1.29, 1.82) is 0 Å². The van der Waals surface area contributed by atoms with Crippen LogP contribution in [0.4, 0.5) is 0 Å². The molecule has 0 heterocycles. The Morgan fingerprint density at radius 3 is 2.14 bits per heavy atom. The van der Waals surface area contributed by atoms with E-state index in [1.807, 2.05) is 0 Å². The van der Waals surface area contributed by atoms with Gasteiger partial charge in [0.25, 0.3) is 0 Å². The molecule has 0 aliphatic heterocycles. The predicted octanol–water partition coefficient (Wildman–Crippen LogP) is 3.16. The third-order valence-corrected chi connectivity index (χ3v) is 3.72. The standard InChI is InChI=1S/C19H26N2/c1-21(2)14-13-20-16-19(18-11-7-4-8-12-18)15-17-9-5-3-6-10-17/h3-12,19-20H,13-16H2,1-2H3. The van der Waals surface area contributed by atoms with Crippen molar-refractivity contribution in [2.24, 2.45) is 0 Å². The Morgan fingerprint density at radius 1 is 0.905 bits per heavy atom. The fourth-order valence-electron chi connectivity index (χ4n) is 2.51. The fourth-order valence-corrected chi connectivity index (χ4v) is 2.51. The summed E-state index contributed by atoms with van der Waals surface area (Å²) in [5.41, 5.74) is 2.82. The first-order valence-corrected chi connectivity index (χ1v) is 7.70. The lowest BCUT2D eigenvalue weighted by molar-refractivity contribution is 0.396. The zero-order valence-corrected chi connectivity index (χ0v) is 13.1. The number of likely N-dealkylation sites (N-methyl/N-ethyl adjacent to an activating group) is 1. The molecule has 1 atom stereocenters. The van der Waals surface area contributed by atoms with Crippen molar-refractivity contribution >= 4 is 0 Å². The molecule has 112 valence electrons. The molecule has 0 saturated heterocycles. The summed E-state index contributed by atoms with van der Waals surface area (Å²) < 4.78 is 0. The lowest BCUT2D eigenvalue weighted by atomic mass is 9.92. The minimum Gasteiger partial charge on any atom is -0.315 e. The third kappa shape index (κ3) is 5.70. The summed E-state index contributed by atoms with van der Waals surface area (Å²) in [6, 6.07) is 21.6. The highest BCUT2D eigenvalue weighted by atomic mass is 15.1. The molecule has 0 spiro atoms. The van der Waals surface area contributed by atoms with Crippen LogP contribution in [0.15, 0.2) is 60.7 Å².